The first-order chi connectivity index (χ1) is 11.9. The molecule has 0 aliphatic rings. The predicted molar refractivity (Wildman–Crippen MR) is 105 cm³/mol. The molecule has 4 nitrogen and oxygen atoms in total. The smallest absolute Gasteiger partial charge is 0.748 e. The van der Waals surface area contributed by atoms with Gasteiger partial charge >= 0.3 is 29.6 Å². The van der Waals surface area contributed by atoms with Gasteiger partial charge < -0.3 is 9.66 Å². The van der Waals surface area contributed by atoms with E-state index < -0.39 is 15.4 Å². The maximum Gasteiger partial charge on any atom is 1.00 e. The Morgan fingerprint density at radius 1 is 0.692 bits per heavy atom. The Morgan fingerprint density at radius 3 is 1.58 bits per heavy atom. The van der Waals surface area contributed by atoms with Crippen LogP contribution in [0.5, 0.6) is 0 Å². The molecule has 0 aromatic carbocycles. The van der Waals surface area contributed by atoms with E-state index in [-0.39, 0.29) is 35.7 Å². The molecule has 0 aromatic rings. The van der Waals surface area contributed by atoms with Gasteiger partial charge in [0.15, 0.2) is 0 Å². The average molecular weight is 401 g/mol. The standard InChI is InChI=1S/C20H42O4S.Na/c1-3-5-7-8-9-10-11-12-15-19(21)16-13-14-18-20(17-6-4-2)25(22,23)24;/h19-21H,3-18H2,1-2H3,(H,22,23,24);/q;+1/p-1. The SMILES string of the molecule is CCCCCCCCCCC(O)CCCCC(CCCC)S(=O)(=O)[O-].[Na+]. The quantitative estimate of drug-likeness (QED) is 0.218. The summed E-state index contributed by atoms with van der Waals surface area (Å²) in [7, 11) is -4.18. The molecule has 0 amide bonds. The summed E-state index contributed by atoms with van der Waals surface area (Å²) in [5, 5.41) is 9.27. The van der Waals surface area contributed by atoms with Crippen molar-refractivity contribution in [2.75, 3.05) is 0 Å². The van der Waals surface area contributed by atoms with Gasteiger partial charge in [-0.2, -0.15) is 0 Å². The minimum atomic E-state index is -4.18. The van der Waals surface area contributed by atoms with Gasteiger partial charge in [-0.15, -0.1) is 0 Å². The maximum atomic E-state index is 11.2. The second-order valence-electron chi connectivity index (χ2n) is 7.46. The van der Waals surface area contributed by atoms with Gasteiger partial charge in [0.1, 0.15) is 0 Å². The van der Waals surface area contributed by atoms with E-state index in [0.717, 1.165) is 38.5 Å². The molecule has 6 heteroatoms. The molecule has 0 bridgehead atoms. The largest absolute Gasteiger partial charge is 1.00 e. The van der Waals surface area contributed by atoms with E-state index in [1.807, 2.05) is 6.92 Å². The third-order valence-corrected chi connectivity index (χ3v) is 6.28. The van der Waals surface area contributed by atoms with Gasteiger partial charge in [-0.05, 0) is 25.7 Å². The molecule has 1 N–H and O–H groups in total. The van der Waals surface area contributed by atoms with Crippen molar-refractivity contribution in [2.24, 2.45) is 0 Å². The first-order valence-corrected chi connectivity index (χ1v) is 12.0. The molecule has 0 spiro atoms. The van der Waals surface area contributed by atoms with Gasteiger partial charge in [-0.1, -0.05) is 90.9 Å². The molecule has 0 saturated carbocycles. The number of aliphatic hydroxyl groups excluding tert-OH is 1. The minimum absolute atomic E-state index is 0. The first kappa shape index (κ1) is 29.1. The molecule has 0 heterocycles. The third-order valence-electron chi connectivity index (χ3n) is 4.99. The molecule has 0 fully saturated rings. The summed E-state index contributed by atoms with van der Waals surface area (Å²) >= 11 is 0. The minimum Gasteiger partial charge on any atom is -0.748 e. The van der Waals surface area contributed by atoms with Crippen molar-refractivity contribution in [3.8, 4) is 0 Å². The second-order valence-corrected chi connectivity index (χ2v) is 9.11. The van der Waals surface area contributed by atoms with E-state index in [1.54, 1.807) is 0 Å². The Morgan fingerprint density at radius 2 is 1.08 bits per heavy atom. The van der Waals surface area contributed by atoms with Crippen molar-refractivity contribution in [2.45, 2.75) is 128 Å². The number of rotatable bonds is 18. The van der Waals surface area contributed by atoms with E-state index >= 15 is 0 Å². The zero-order valence-corrected chi connectivity index (χ0v) is 20.4. The Kier molecular flexibility index (Phi) is 21.5. The van der Waals surface area contributed by atoms with Crippen molar-refractivity contribution in [3.05, 3.63) is 0 Å². The van der Waals surface area contributed by atoms with Crippen LogP contribution in [0.3, 0.4) is 0 Å². The van der Waals surface area contributed by atoms with Gasteiger partial charge in [0.05, 0.1) is 16.2 Å². The summed E-state index contributed by atoms with van der Waals surface area (Å²) in [6, 6.07) is 0. The van der Waals surface area contributed by atoms with E-state index in [0.29, 0.717) is 19.3 Å². The summed E-state index contributed by atoms with van der Waals surface area (Å²) in [6.07, 6.45) is 15.5. The van der Waals surface area contributed by atoms with E-state index in [2.05, 4.69) is 6.92 Å². The number of unbranched alkanes of at least 4 members (excludes halogenated alkanes) is 9. The van der Waals surface area contributed by atoms with Crippen LogP contribution in [0.1, 0.15) is 117 Å². The number of aliphatic hydroxyl groups is 1. The van der Waals surface area contributed by atoms with Gasteiger partial charge in [0, 0.05) is 5.25 Å². The maximum absolute atomic E-state index is 11.2. The van der Waals surface area contributed by atoms with Crippen molar-refractivity contribution in [1.82, 2.24) is 0 Å². The molecule has 152 valence electrons. The van der Waals surface area contributed by atoms with Crippen LogP contribution in [0.2, 0.25) is 0 Å². The van der Waals surface area contributed by atoms with Crippen LogP contribution in [-0.2, 0) is 10.1 Å². The summed E-state index contributed by atoms with van der Waals surface area (Å²) in [4.78, 5) is 0. The van der Waals surface area contributed by atoms with Crippen molar-refractivity contribution in [3.63, 3.8) is 0 Å². The second kappa shape index (κ2) is 19.2. The van der Waals surface area contributed by atoms with Crippen LogP contribution in [0.15, 0.2) is 0 Å². The van der Waals surface area contributed by atoms with Crippen LogP contribution >= 0.6 is 0 Å². The Hall–Kier alpha value is 0.870. The van der Waals surface area contributed by atoms with Crippen LogP contribution in [0.25, 0.3) is 0 Å². The fraction of sp³-hybridized carbons (Fsp3) is 1.00. The molecule has 0 saturated heterocycles. The van der Waals surface area contributed by atoms with Crippen molar-refractivity contribution >= 4 is 10.1 Å². The molecular formula is C20H41NaO4S. The number of hydrogen-bond donors (Lipinski definition) is 1. The molecule has 0 aliphatic carbocycles. The van der Waals surface area contributed by atoms with Gasteiger partial charge in [-0.25, -0.2) is 8.42 Å². The zero-order valence-electron chi connectivity index (χ0n) is 17.5. The van der Waals surface area contributed by atoms with Crippen molar-refractivity contribution in [1.29, 1.82) is 0 Å². The van der Waals surface area contributed by atoms with Crippen LogP contribution in [-0.4, -0.2) is 29.4 Å². The van der Waals surface area contributed by atoms with Crippen molar-refractivity contribution < 1.29 is 47.6 Å². The molecule has 0 radical (unpaired) electrons. The topological polar surface area (TPSA) is 77.4 Å². The van der Waals surface area contributed by atoms with E-state index in [4.69, 9.17) is 0 Å². The monoisotopic (exact) mass is 400 g/mol. The molecule has 26 heavy (non-hydrogen) atoms. The first-order valence-electron chi connectivity index (χ1n) is 10.5. The van der Waals surface area contributed by atoms with Gasteiger partial charge in [0.25, 0.3) is 0 Å². The molecule has 0 aromatic heterocycles. The van der Waals surface area contributed by atoms with Crippen LogP contribution in [0, 0.1) is 0 Å². The number of hydrogen-bond acceptors (Lipinski definition) is 4. The van der Waals surface area contributed by atoms with Crippen LogP contribution in [0.4, 0.5) is 0 Å². The van der Waals surface area contributed by atoms with E-state index in [1.165, 1.54) is 44.9 Å². The zero-order chi connectivity index (χ0) is 19.0. The molecule has 2 unspecified atom stereocenters. The Labute approximate surface area is 185 Å². The summed E-state index contributed by atoms with van der Waals surface area (Å²) in [6.45, 7) is 4.22. The van der Waals surface area contributed by atoms with Gasteiger partial charge in [0.2, 0.25) is 0 Å². The molecule has 0 aliphatic heterocycles. The summed E-state index contributed by atoms with van der Waals surface area (Å²) < 4.78 is 33.7. The molecule has 0 rings (SSSR count). The molecular weight excluding hydrogens is 359 g/mol. The average Bonchev–Trinajstić information content (AvgIpc) is 2.55. The third kappa shape index (κ3) is 18.2. The molecule has 2 atom stereocenters. The fourth-order valence-electron chi connectivity index (χ4n) is 3.27. The Balaban J connectivity index is 0. The van der Waals surface area contributed by atoms with E-state index in [9.17, 15) is 18.1 Å². The Bertz CT molecular complexity index is 387. The van der Waals surface area contributed by atoms with Crippen LogP contribution < -0.4 is 29.6 Å². The fourth-order valence-corrected chi connectivity index (χ4v) is 4.19. The summed E-state index contributed by atoms with van der Waals surface area (Å²) in [5.41, 5.74) is 0. The predicted octanol–water partition coefficient (Wildman–Crippen LogP) is 2.55. The normalized spacial score (nSPS) is 14.0. The summed E-state index contributed by atoms with van der Waals surface area (Å²) in [5.74, 6) is 0. The van der Waals surface area contributed by atoms with Gasteiger partial charge in [-0.3, -0.25) is 0 Å².